The zero-order chi connectivity index (χ0) is 12.6. The molecule has 1 aromatic rings. The Hall–Kier alpha value is -1.44. The summed E-state index contributed by atoms with van der Waals surface area (Å²) in [6.45, 7) is 0.139. The Morgan fingerprint density at radius 2 is 1.71 bits per heavy atom. The van der Waals surface area contributed by atoms with Crippen molar-refractivity contribution in [3.05, 3.63) is 21.9 Å². The summed E-state index contributed by atoms with van der Waals surface area (Å²) in [7, 11) is 0. The molecule has 1 fully saturated rings. The van der Waals surface area contributed by atoms with Crippen LogP contribution in [-0.2, 0) is 0 Å². The Labute approximate surface area is 101 Å². The third-order valence-electron chi connectivity index (χ3n) is 2.57. The van der Waals surface area contributed by atoms with Crippen LogP contribution in [0.1, 0.15) is 19.3 Å². The van der Waals surface area contributed by atoms with Crippen LogP contribution in [0.3, 0.4) is 0 Å². The van der Waals surface area contributed by atoms with Crippen LogP contribution in [0.4, 0.5) is 0 Å². The molecule has 2 heterocycles. The molecule has 3 N–H and O–H groups in total. The number of rotatable bonds is 2. The minimum atomic E-state index is -1.07. The van der Waals surface area contributed by atoms with E-state index in [9.17, 15) is 19.8 Å². The number of aliphatic hydroxyl groups is 2. The summed E-state index contributed by atoms with van der Waals surface area (Å²) < 4.78 is 0. The molecular weight excluding hydrogens is 246 g/mol. The van der Waals surface area contributed by atoms with Crippen LogP contribution >= 0.6 is 11.3 Å². The second-order valence-electron chi connectivity index (χ2n) is 3.81. The summed E-state index contributed by atoms with van der Waals surface area (Å²) >= 11 is 0.884. The molecule has 0 radical (unpaired) electrons. The minimum Gasteiger partial charge on any atom is -0.477 e. The molecule has 92 valence electrons. The highest BCUT2D eigenvalue weighted by molar-refractivity contribution is 7.15. The molecule has 2 atom stereocenters. The first-order chi connectivity index (χ1) is 7.99. The summed E-state index contributed by atoms with van der Waals surface area (Å²) in [6, 6.07) is 2.80. The van der Waals surface area contributed by atoms with Crippen molar-refractivity contribution in [1.29, 1.82) is 0 Å². The van der Waals surface area contributed by atoms with Crippen LogP contribution in [0.25, 0.3) is 0 Å². The first-order valence-corrected chi connectivity index (χ1v) is 5.79. The quantitative estimate of drug-likeness (QED) is 0.671. The number of carbonyl (C=O) groups excluding carboxylic acids is 1. The van der Waals surface area contributed by atoms with Gasteiger partial charge in [0.05, 0.1) is 17.1 Å². The molecule has 1 amide bonds. The first kappa shape index (κ1) is 12.0. The summed E-state index contributed by atoms with van der Waals surface area (Å²) in [4.78, 5) is 24.3. The molecular formula is C10H11NO5S. The average molecular weight is 257 g/mol. The smallest absolute Gasteiger partial charge is 0.345 e. The number of hydrogen-bond donors (Lipinski definition) is 3. The fourth-order valence-corrected chi connectivity index (χ4v) is 2.47. The van der Waals surface area contributed by atoms with Crippen molar-refractivity contribution in [1.82, 2.24) is 4.90 Å². The van der Waals surface area contributed by atoms with E-state index >= 15 is 0 Å². The SMILES string of the molecule is O=C(O)c1ccc(C(=O)N2CC(O)C(O)C2)s1. The van der Waals surface area contributed by atoms with E-state index in [0.717, 1.165) is 11.3 Å². The average Bonchev–Trinajstić information content (AvgIpc) is 2.86. The van der Waals surface area contributed by atoms with Gasteiger partial charge in [0.1, 0.15) is 4.88 Å². The molecule has 2 rings (SSSR count). The molecule has 0 aliphatic carbocycles. The van der Waals surface area contributed by atoms with Crippen molar-refractivity contribution in [2.24, 2.45) is 0 Å². The number of aromatic carboxylic acids is 1. The van der Waals surface area contributed by atoms with Gasteiger partial charge in [-0.15, -0.1) is 11.3 Å². The Bertz CT molecular complexity index is 447. The molecule has 1 saturated heterocycles. The largest absolute Gasteiger partial charge is 0.477 e. The maximum atomic E-state index is 11.9. The lowest BCUT2D eigenvalue weighted by molar-refractivity contribution is 0.0572. The molecule has 0 spiro atoms. The second-order valence-corrected chi connectivity index (χ2v) is 4.90. The van der Waals surface area contributed by atoms with Crippen LogP contribution in [-0.4, -0.2) is 57.4 Å². The van der Waals surface area contributed by atoms with Gasteiger partial charge < -0.3 is 20.2 Å². The second kappa shape index (κ2) is 4.44. The Balaban J connectivity index is 2.12. The van der Waals surface area contributed by atoms with Crippen molar-refractivity contribution in [2.75, 3.05) is 13.1 Å². The number of carbonyl (C=O) groups is 2. The van der Waals surface area contributed by atoms with E-state index in [1.165, 1.54) is 17.0 Å². The van der Waals surface area contributed by atoms with E-state index in [4.69, 9.17) is 5.11 Å². The van der Waals surface area contributed by atoms with E-state index in [2.05, 4.69) is 0 Å². The summed E-state index contributed by atoms with van der Waals surface area (Å²) in [5.74, 6) is -1.44. The molecule has 0 saturated carbocycles. The van der Waals surface area contributed by atoms with Crippen LogP contribution in [0.5, 0.6) is 0 Å². The van der Waals surface area contributed by atoms with Crippen LogP contribution in [0.15, 0.2) is 12.1 Å². The Morgan fingerprint density at radius 3 is 2.18 bits per heavy atom. The Morgan fingerprint density at radius 1 is 1.18 bits per heavy atom. The van der Waals surface area contributed by atoms with Gasteiger partial charge in [0, 0.05) is 13.1 Å². The third kappa shape index (κ3) is 2.31. The van der Waals surface area contributed by atoms with Gasteiger partial charge in [0.2, 0.25) is 0 Å². The predicted octanol–water partition coefficient (Wildman–Crippen LogP) is -0.376. The van der Waals surface area contributed by atoms with Crippen molar-refractivity contribution in [3.8, 4) is 0 Å². The van der Waals surface area contributed by atoms with E-state index in [0.29, 0.717) is 4.88 Å². The number of β-amino-alcohol motifs (C(OH)–C–C–N with tert-alkyl or cyclic N) is 2. The molecule has 0 aromatic carbocycles. The molecule has 7 heteroatoms. The monoisotopic (exact) mass is 257 g/mol. The fourth-order valence-electron chi connectivity index (χ4n) is 1.66. The van der Waals surface area contributed by atoms with Crippen molar-refractivity contribution in [2.45, 2.75) is 12.2 Å². The van der Waals surface area contributed by atoms with Gasteiger partial charge in [0.25, 0.3) is 5.91 Å². The van der Waals surface area contributed by atoms with Crippen LogP contribution < -0.4 is 0 Å². The summed E-state index contributed by atoms with van der Waals surface area (Å²) in [6.07, 6.45) is -1.87. The molecule has 1 aliphatic rings. The maximum absolute atomic E-state index is 11.9. The zero-order valence-corrected chi connectivity index (χ0v) is 9.55. The minimum absolute atomic E-state index is 0.0697. The highest BCUT2D eigenvalue weighted by Gasteiger charge is 2.33. The topological polar surface area (TPSA) is 98.1 Å². The van der Waals surface area contributed by atoms with E-state index < -0.39 is 18.2 Å². The molecule has 6 nitrogen and oxygen atoms in total. The van der Waals surface area contributed by atoms with Gasteiger partial charge >= 0.3 is 5.97 Å². The van der Waals surface area contributed by atoms with Crippen molar-refractivity contribution in [3.63, 3.8) is 0 Å². The molecule has 0 bridgehead atoms. The molecule has 17 heavy (non-hydrogen) atoms. The summed E-state index contributed by atoms with van der Waals surface area (Å²) in [5.41, 5.74) is 0. The first-order valence-electron chi connectivity index (χ1n) is 4.97. The van der Waals surface area contributed by atoms with Crippen LogP contribution in [0.2, 0.25) is 0 Å². The Kier molecular flexibility index (Phi) is 3.14. The molecule has 1 aliphatic heterocycles. The standard InChI is InChI=1S/C10H11NO5S/c12-5-3-11(4-6(5)13)9(14)7-1-2-8(17-7)10(15)16/h1-2,5-6,12-13H,3-4H2,(H,15,16). The van der Waals surface area contributed by atoms with Crippen molar-refractivity contribution >= 4 is 23.2 Å². The number of carboxylic acids is 1. The highest BCUT2D eigenvalue weighted by Crippen LogP contribution is 2.21. The normalized spacial score (nSPS) is 24.0. The van der Waals surface area contributed by atoms with Gasteiger partial charge in [0.15, 0.2) is 0 Å². The number of amides is 1. The van der Waals surface area contributed by atoms with Crippen molar-refractivity contribution < 1.29 is 24.9 Å². The van der Waals surface area contributed by atoms with E-state index in [1.54, 1.807) is 0 Å². The van der Waals surface area contributed by atoms with Gasteiger partial charge in [-0.25, -0.2) is 4.79 Å². The predicted molar refractivity (Wildman–Crippen MR) is 59.2 cm³/mol. The lowest BCUT2D eigenvalue weighted by Crippen LogP contribution is -2.29. The fraction of sp³-hybridized carbons (Fsp3) is 0.400. The van der Waals surface area contributed by atoms with Crippen LogP contribution in [0, 0.1) is 0 Å². The zero-order valence-electron chi connectivity index (χ0n) is 8.74. The number of hydrogen-bond acceptors (Lipinski definition) is 5. The number of carboxylic acid groups (broad SMARTS) is 1. The van der Waals surface area contributed by atoms with E-state index in [1.807, 2.05) is 0 Å². The van der Waals surface area contributed by atoms with Gasteiger partial charge in [-0.1, -0.05) is 0 Å². The lowest BCUT2D eigenvalue weighted by atomic mass is 10.3. The number of thiophene rings is 1. The third-order valence-corrected chi connectivity index (χ3v) is 3.64. The number of likely N-dealkylation sites (tertiary alicyclic amines) is 1. The lowest BCUT2D eigenvalue weighted by Gasteiger charge is -2.13. The molecule has 1 aromatic heterocycles. The molecule has 2 unspecified atom stereocenters. The number of aliphatic hydroxyl groups excluding tert-OH is 2. The van der Waals surface area contributed by atoms with Gasteiger partial charge in [-0.3, -0.25) is 4.79 Å². The number of nitrogens with zero attached hydrogens (tertiary/aromatic N) is 1. The van der Waals surface area contributed by atoms with Gasteiger partial charge in [-0.2, -0.15) is 0 Å². The maximum Gasteiger partial charge on any atom is 0.345 e. The van der Waals surface area contributed by atoms with E-state index in [-0.39, 0.29) is 23.9 Å². The summed E-state index contributed by atoms with van der Waals surface area (Å²) in [5, 5.41) is 27.4. The highest BCUT2D eigenvalue weighted by atomic mass is 32.1. The van der Waals surface area contributed by atoms with Gasteiger partial charge in [-0.05, 0) is 12.1 Å².